The molecule has 0 saturated carbocycles. The van der Waals surface area contributed by atoms with Gasteiger partial charge in [-0.3, -0.25) is 4.90 Å². The number of sulfonamides is 1. The third-order valence-corrected chi connectivity index (χ3v) is 7.40. The molecular formula is C21H23N3O3S. The lowest BCUT2D eigenvalue weighted by atomic mass is 9.99. The van der Waals surface area contributed by atoms with Gasteiger partial charge in [-0.2, -0.15) is 9.57 Å². The average molecular weight is 398 g/mol. The molecule has 0 N–H and O–H groups in total. The van der Waals surface area contributed by atoms with E-state index in [1.807, 2.05) is 31.2 Å². The molecule has 2 aromatic rings. The lowest BCUT2D eigenvalue weighted by Gasteiger charge is -2.43. The van der Waals surface area contributed by atoms with Crippen LogP contribution in [0.25, 0.3) is 11.1 Å². The predicted molar refractivity (Wildman–Crippen MR) is 106 cm³/mol. The number of ether oxygens (including phenoxy) is 1. The van der Waals surface area contributed by atoms with E-state index in [1.165, 1.54) is 0 Å². The Hall–Kier alpha value is -2.24. The van der Waals surface area contributed by atoms with Crippen molar-refractivity contribution in [2.24, 2.45) is 0 Å². The number of aryl methyl sites for hydroxylation is 1. The summed E-state index contributed by atoms with van der Waals surface area (Å²) in [4.78, 5) is 2.63. The van der Waals surface area contributed by atoms with Crippen molar-refractivity contribution >= 4 is 10.0 Å². The van der Waals surface area contributed by atoms with Crippen LogP contribution in [-0.4, -0.2) is 63.1 Å². The number of nitriles is 1. The Morgan fingerprint density at radius 1 is 1.14 bits per heavy atom. The summed E-state index contributed by atoms with van der Waals surface area (Å²) >= 11 is 0. The van der Waals surface area contributed by atoms with E-state index < -0.39 is 10.0 Å². The third-order valence-electron chi connectivity index (χ3n) is 5.54. The normalized spacial score (nSPS) is 21.1. The molecular weight excluding hydrogens is 374 g/mol. The fraction of sp³-hybridized carbons (Fsp3) is 0.381. The molecule has 1 unspecified atom stereocenters. The highest BCUT2D eigenvalue weighted by Gasteiger charge is 2.35. The number of morpholine rings is 1. The van der Waals surface area contributed by atoms with E-state index in [4.69, 9.17) is 10.00 Å². The topological polar surface area (TPSA) is 73.6 Å². The van der Waals surface area contributed by atoms with Crippen LogP contribution >= 0.6 is 0 Å². The molecule has 2 aliphatic rings. The summed E-state index contributed by atoms with van der Waals surface area (Å²) in [6.45, 7) is 5.78. The standard InChI is InChI=1S/C21H23N3O3S/c1-16-11-20(5-6-21(16)18-4-2-3-17(12-18)13-22)28(25,26)24-8-7-23-9-10-27-15-19(23)14-24/h2-6,11-12,19H,7-10,14-15H2,1H3. The van der Waals surface area contributed by atoms with Gasteiger partial charge >= 0.3 is 0 Å². The van der Waals surface area contributed by atoms with Crippen molar-refractivity contribution in [1.82, 2.24) is 9.21 Å². The van der Waals surface area contributed by atoms with E-state index in [0.717, 1.165) is 36.4 Å². The molecule has 4 rings (SSSR count). The van der Waals surface area contributed by atoms with Gasteiger partial charge in [0, 0.05) is 32.2 Å². The first-order chi connectivity index (χ1) is 13.5. The van der Waals surface area contributed by atoms with Gasteiger partial charge in [-0.1, -0.05) is 18.2 Å². The molecule has 2 heterocycles. The smallest absolute Gasteiger partial charge is 0.243 e. The van der Waals surface area contributed by atoms with E-state index >= 15 is 0 Å². The van der Waals surface area contributed by atoms with Crippen LogP contribution in [0.1, 0.15) is 11.1 Å². The Labute approximate surface area is 166 Å². The van der Waals surface area contributed by atoms with Crippen molar-refractivity contribution in [2.75, 3.05) is 39.4 Å². The molecule has 0 bridgehead atoms. The van der Waals surface area contributed by atoms with Gasteiger partial charge in [0.2, 0.25) is 10.0 Å². The minimum absolute atomic E-state index is 0.131. The second-order valence-electron chi connectivity index (χ2n) is 7.30. The number of fused-ring (bicyclic) bond motifs is 1. The third kappa shape index (κ3) is 3.56. The molecule has 7 heteroatoms. The first kappa shape index (κ1) is 19.1. The molecule has 2 fully saturated rings. The van der Waals surface area contributed by atoms with E-state index in [-0.39, 0.29) is 6.04 Å². The van der Waals surface area contributed by atoms with Crippen LogP contribution < -0.4 is 0 Å². The van der Waals surface area contributed by atoms with Crippen molar-refractivity contribution in [3.05, 3.63) is 53.6 Å². The van der Waals surface area contributed by atoms with E-state index in [1.54, 1.807) is 22.5 Å². The molecule has 0 spiro atoms. The average Bonchev–Trinajstić information content (AvgIpc) is 2.73. The zero-order valence-corrected chi connectivity index (χ0v) is 16.7. The molecule has 1 atom stereocenters. The Morgan fingerprint density at radius 3 is 2.79 bits per heavy atom. The summed E-state index contributed by atoms with van der Waals surface area (Å²) in [5, 5.41) is 9.11. The van der Waals surface area contributed by atoms with Crippen LogP contribution in [0.3, 0.4) is 0 Å². The number of piperazine rings is 1. The predicted octanol–water partition coefficient (Wildman–Crippen LogP) is 2.24. The van der Waals surface area contributed by atoms with Gasteiger partial charge in [-0.15, -0.1) is 0 Å². The second kappa shape index (κ2) is 7.64. The molecule has 2 aliphatic heterocycles. The Morgan fingerprint density at radius 2 is 2.00 bits per heavy atom. The highest BCUT2D eigenvalue weighted by Crippen LogP contribution is 2.28. The van der Waals surface area contributed by atoms with Gasteiger partial charge in [0.15, 0.2) is 0 Å². The van der Waals surface area contributed by atoms with Crippen LogP contribution in [0, 0.1) is 18.3 Å². The Kier molecular flexibility index (Phi) is 5.21. The molecule has 28 heavy (non-hydrogen) atoms. The van der Waals surface area contributed by atoms with Gasteiger partial charge < -0.3 is 4.74 Å². The zero-order valence-electron chi connectivity index (χ0n) is 15.8. The molecule has 2 aromatic carbocycles. The van der Waals surface area contributed by atoms with Crippen molar-refractivity contribution < 1.29 is 13.2 Å². The van der Waals surface area contributed by atoms with E-state index in [0.29, 0.717) is 30.2 Å². The second-order valence-corrected chi connectivity index (χ2v) is 9.24. The fourth-order valence-corrected chi connectivity index (χ4v) is 5.52. The number of nitrogens with zero attached hydrogens (tertiary/aromatic N) is 3. The number of hydrogen-bond donors (Lipinski definition) is 0. The zero-order chi connectivity index (χ0) is 19.7. The molecule has 0 aromatic heterocycles. The summed E-state index contributed by atoms with van der Waals surface area (Å²) in [5.74, 6) is 0. The SMILES string of the molecule is Cc1cc(S(=O)(=O)N2CCN3CCOCC3C2)ccc1-c1cccc(C#N)c1. The minimum Gasteiger partial charge on any atom is -0.378 e. The first-order valence-corrected chi connectivity index (χ1v) is 10.9. The minimum atomic E-state index is -3.55. The quantitative estimate of drug-likeness (QED) is 0.794. The van der Waals surface area contributed by atoms with Crippen LogP contribution in [0.4, 0.5) is 0 Å². The van der Waals surface area contributed by atoms with Gasteiger partial charge in [-0.25, -0.2) is 8.42 Å². The van der Waals surface area contributed by atoms with Gasteiger partial charge in [0.1, 0.15) is 0 Å². The van der Waals surface area contributed by atoms with Gasteiger partial charge in [0.05, 0.1) is 29.7 Å². The summed E-state index contributed by atoms with van der Waals surface area (Å²) < 4.78 is 33.5. The largest absolute Gasteiger partial charge is 0.378 e. The molecule has 146 valence electrons. The number of hydrogen-bond acceptors (Lipinski definition) is 5. The molecule has 0 radical (unpaired) electrons. The van der Waals surface area contributed by atoms with Crippen LogP contribution in [0.2, 0.25) is 0 Å². The summed E-state index contributed by atoms with van der Waals surface area (Å²) in [7, 11) is -3.55. The monoisotopic (exact) mass is 397 g/mol. The van der Waals surface area contributed by atoms with Crippen molar-refractivity contribution in [3.8, 4) is 17.2 Å². The van der Waals surface area contributed by atoms with Crippen LogP contribution in [-0.2, 0) is 14.8 Å². The highest BCUT2D eigenvalue weighted by molar-refractivity contribution is 7.89. The van der Waals surface area contributed by atoms with Crippen molar-refractivity contribution in [2.45, 2.75) is 17.9 Å². The number of rotatable bonds is 3. The summed E-state index contributed by atoms with van der Waals surface area (Å²) in [6, 6.07) is 14.8. The molecule has 0 aliphatic carbocycles. The number of benzene rings is 2. The van der Waals surface area contributed by atoms with Gasteiger partial charge in [-0.05, 0) is 47.9 Å². The Balaban J connectivity index is 1.60. The van der Waals surface area contributed by atoms with Gasteiger partial charge in [0.25, 0.3) is 0 Å². The maximum Gasteiger partial charge on any atom is 0.243 e. The molecule has 6 nitrogen and oxygen atoms in total. The lowest BCUT2D eigenvalue weighted by molar-refractivity contribution is -0.0304. The highest BCUT2D eigenvalue weighted by atomic mass is 32.2. The maximum atomic E-state index is 13.2. The van der Waals surface area contributed by atoms with Crippen LogP contribution in [0.15, 0.2) is 47.4 Å². The summed E-state index contributed by atoms with van der Waals surface area (Å²) in [6.07, 6.45) is 0. The maximum absolute atomic E-state index is 13.2. The lowest BCUT2D eigenvalue weighted by Crippen LogP contribution is -2.58. The van der Waals surface area contributed by atoms with Crippen molar-refractivity contribution in [1.29, 1.82) is 5.26 Å². The fourth-order valence-electron chi connectivity index (χ4n) is 3.96. The van der Waals surface area contributed by atoms with E-state index in [9.17, 15) is 8.42 Å². The molecule has 0 amide bonds. The Bertz CT molecular complexity index is 1030. The first-order valence-electron chi connectivity index (χ1n) is 9.42. The van der Waals surface area contributed by atoms with E-state index in [2.05, 4.69) is 11.0 Å². The summed E-state index contributed by atoms with van der Waals surface area (Å²) in [5.41, 5.74) is 3.30. The van der Waals surface area contributed by atoms with Crippen molar-refractivity contribution in [3.63, 3.8) is 0 Å². The van der Waals surface area contributed by atoms with Crippen LogP contribution in [0.5, 0.6) is 0 Å². The molecule has 2 saturated heterocycles.